The molecule has 5 aromatic rings. The molecule has 218 valence electrons. The van der Waals surface area contributed by atoms with Crippen molar-refractivity contribution in [2.45, 2.75) is 39.5 Å². The van der Waals surface area contributed by atoms with E-state index < -0.39 is 0 Å². The highest BCUT2D eigenvalue weighted by molar-refractivity contribution is 7.17. The third kappa shape index (κ3) is 6.43. The van der Waals surface area contributed by atoms with Gasteiger partial charge in [-0.1, -0.05) is 55.8 Å². The van der Waals surface area contributed by atoms with Gasteiger partial charge in [0.2, 0.25) is 0 Å². The summed E-state index contributed by atoms with van der Waals surface area (Å²) in [6.07, 6.45) is 3.78. The van der Waals surface area contributed by atoms with Crippen molar-refractivity contribution in [1.29, 1.82) is 0 Å². The van der Waals surface area contributed by atoms with Crippen molar-refractivity contribution in [2.75, 3.05) is 17.2 Å². The minimum absolute atomic E-state index is 0.240. The molecule has 0 atom stereocenters. The van der Waals surface area contributed by atoms with E-state index in [1.54, 1.807) is 24.3 Å². The molecule has 6 nitrogen and oxygen atoms in total. The Bertz CT molecular complexity index is 1810. The number of ether oxygens (including phenoxy) is 1. The number of hydrogen-bond donors (Lipinski definition) is 2. The number of thiophene rings is 1. The minimum Gasteiger partial charge on any atom is -0.493 e. The van der Waals surface area contributed by atoms with E-state index in [2.05, 4.69) is 24.5 Å². The van der Waals surface area contributed by atoms with Gasteiger partial charge in [-0.25, -0.2) is 4.98 Å². The molecule has 1 aliphatic rings. The van der Waals surface area contributed by atoms with E-state index in [4.69, 9.17) is 21.3 Å². The first-order valence-electron chi connectivity index (χ1n) is 14.5. The number of nitrogens with one attached hydrogen (secondary N) is 2. The predicted molar refractivity (Wildman–Crippen MR) is 176 cm³/mol. The zero-order chi connectivity index (χ0) is 29.9. The van der Waals surface area contributed by atoms with Gasteiger partial charge in [0.25, 0.3) is 11.8 Å². The summed E-state index contributed by atoms with van der Waals surface area (Å²) < 4.78 is 5.95. The van der Waals surface area contributed by atoms with Crippen LogP contribution in [0.3, 0.4) is 0 Å². The lowest BCUT2D eigenvalue weighted by atomic mass is 9.95. The maximum absolute atomic E-state index is 14.0. The highest BCUT2D eigenvalue weighted by Gasteiger charge is 2.27. The van der Waals surface area contributed by atoms with Crippen molar-refractivity contribution >= 4 is 56.3 Å². The molecule has 0 saturated heterocycles. The first kappa shape index (κ1) is 28.9. The SMILES string of the molecule is CC(C)COc1cccc(-c2cc(C(=O)Nc3sc4c(c3C(=O)Nc3ccc(Cl)cc3)CCCC4)c3ccccc3n2)c1. The molecule has 2 amide bonds. The molecule has 3 aromatic carbocycles. The first-order valence-corrected chi connectivity index (χ1v) is 15.7. The van der Waals surface area contributed by atoms with Crippen LogP contribution in [0.15, 0.2) is 78.9 Å². The summed E-state index contributed by atoms with van der Waals surface area (Å²) in [5.41, 5.74) is 4.94. The van der Waals surface area contributed by atoms with Crippen LogP contribution in [-0.4, -0.2) is 23.4 Å². The average Bonchev–Trinajstić information content (AvgIpc) is 3.38. The molecule has 43 heavy (non-hydrogen) atoms. The number of aromatic nitrogens is 1. The number of carbonyl (C=O) groups excluding carboxylic acids is 2. The number of anilines is 2. The number of amides is 2. The zero-order valence-corrected chi connectivity index (χ0v) is 25.6. The Morgan fingerprint density at radius 1 is 0.930 bits per heavy atom. The summed E-state index contributed by atoms with van der Waals surface area (Å²) in [4.78, 5) is 33.7. The summed E-state index contributed by atoms with van der Waals surface area (Å²) in [6, 6.07) is 24.2. The standard InChI is InChI=1S/C35H32ClN3O3S/c1-21(2)20-42-25-9-7-8-22(18-25)30-19-28(26-10-3-5-12-29(26)38-30)33(40)39-35-32(27-11-4-6-13-31(27)43-35)34(41)37-24-16-14-23(36)15-17-24/h3,5,7-10,12,14-19,21H,4,6,11,13,20H2,1-2H3,(H,37,41)(H,39,40). The van der Waals surface area contributed by atoms with Crippen LogP contribution in [0.5, 0.6) is 5.75 Å². The Kier molecular flexibility index (Phi) is 8.45. The fourth-order valence-electron chi connectivity index (χ4n) is 5.31. The molecule has 0 saturated carbocycles. The Labute approximate surface area is 260 Å². The number of fused-ring (bicyclic) bond motifs is 2. The molecular weight excluding hydrogens is 578 g/mol. The van der Waals surface area contributed by atoms with Gasteiger partial charge >= 0.3 is 0 Å². The quantitative estimate of drug-likeness (QED) is 0.184. The smallest absolute Gasteiger partial charge is 0.258 e. The molecule has 6 rings (SSSR count). The highest BCUT2D eigenvalue weighted by atomic mass is 35.5. The second-order valence-corrected chi connectivity index (χ2v) is 12.7. The van der Waals surface area contributed by atoms with E-state index in [9.17, 15) is 9.59 Å². The van der Waals surface area contributed by atoms with E-state index in [1.807, 2.05) is 54.6 Å². The average molecular weight is 610 g/mol. The monoisotopic (exact) mass is 609 g/mol. The van der Waals surface area contributed by atoms with Crippen molar-refractivity contribution in [3.05, 3.63) is 105 Å². The third-order valence-electron chi connectivity index (χ3n) is 7.40. The van der Waals surface area contributed by atoms with Gasteiger partial charge in [-0.05, 0) is 85.7 Å². The second-order valence-electron chi connectivity index (χ2n) is 11.1. The third-order valence-corrected chi connectivity index (χ3v) is 8.86. The van der Waals surface area contributed by atoms with Crippen molar-refractivity contribution in [3.8, 4) is 17.0 Å². The van der Waals surface area contributed by atoms with E-state index in [1.165, 1.54) is 11.3 Å². The van der Waals surface area contributed by atoms with Gasteiger partial charge in [-0.15, -0.1) is 11.3 Å². The number of carbonyl (C=O) groups is 2. The molecule has 0 unspecified atom stereocenters. The maximum Gasteiger partial charge on any atom is 0.258 e. The van der Waals surface area contributed by atoms with Crippen molar-refractivity contribution in [2.24, 2.45) is 5.92 Å². The molecule has 1 aliphatic carbocycles. The first-order chi connectivity index (χ1) is 20.9. The van der Waals surface area contributed by atoms with Crippen LogP contribution >= 0.6 is 22.9 Å². The summed E-state index contributed by atoms with van der Waals surface area (Å²) in [5.74, 6) is 0.633. The topological polar surface area (TPSA) is 80.3 Å². The Morgan fingerprint density at radius 2 is 1.72 bits per heavy atom. The van der Waals surface area contributed by atoms with Gasteiger partial charge < -0.3 is 15.4 Å². The van der Waals surface area contributed by atoms with Crippen molar-refractivity contribution in [1.82, 2.24) is 4.98 Å². The van der Waals surface area contributed by atoms with Crippen LogP contribution in [0.1, 0.15) is 57.8 Å². The van der Waals surface area contributed by atoms with Crippen LogP contribution in [0, 0.1) is 5.92 Å². The molecule has 0 aliphatic heterocycles. The van der Waals surface area contributed by atoms with Gasteiger partial charge in [0.1, 0.15) is 10.8 Å². The largest absolute Gasteiger partial charge is 0.493 e. The summed E-state index contributed by atoms with van der Waals surface area (Å²) >= 11 is 7.53. The zero-order valence-electron chi connectivity index (χ0n) is 24.1. The molecule has 0 radical (unpaired) electrons. The van der Waals surface area contributed by atoms with Gasteiger partial charge in [0, 0.05) is 26.5 Å². The molecule has 0 bridgehead atoms. The number of halogens is 1. The summed E-state index contributed by atoms with van der Waals surface area (Å²) in [7, 11) is 0. The van der Waals surface area contributed by atoms with Crippen molar-refractivity contribution < 1.29 is 14.3 Å². The van der Waals surface area contributed by atoms with Crippen LogP contribution in [0.4, 0.5) is 10.7 Å². The number of nitrogens with zero attached hydrogens (tertiary/aromatic N) is 1. The van der Waals surface area contributed by atoms with E-state index in [-0.39, 0.29) is 11.8 Å². The lowest BCUT2D eigenvalue weighted by Gasteiger charge is -2.14. The van der Waals surface area contributed by atoms with Crippen molar-refractivity contribution in [3.63, 3.8) is 0 Å². The number of aryl methyl sites for hydroxylation is 1. The number of hydrogen-bond acceptors (Lipinski definition) is 5. The van der Waals surface area contributed by atoms with Crippen LogP contribution in [0.25, 0.3) is 22.2 Å². The lowest BCUT2D eigenvalue weighted by molar-refractivity contribution is 0.102. The van der Waals surface area contributed by atoms with Gasteiger partial charge in [0.15, 0.2) is 0 Å². The Hall–Kier alpha value is -4.20. The summed E-state index contributed by atoms with van der Waals surface area (Å²) in [6.45, 7) is 4.83. The predicted octanol–water partition coefficient (Wildman–Crippen LogP) is 9.03. The lowest BCUT2D eigenvalue weighted by Crippen LogP contribution is -2.19. The number of para-hydroxylation sites is 1. The number of pyridine rings is 1. The molecule has 2 heterocycles. The van der Waals surface area contributed by atoms with E-state index in [0.29, 0.717) is 50.6 Å². The van der Waals surface area contributed by atoms with E-state index >= 15 is 0 Å². The Morgan fingerprint density at radius 3 is 2.53 bits per heavy atom. The maximum atomic E-state index is 14.0. The van der Waals surface area contributed by atoms with Gasteiger partial charge in [-0.2, -0.15) is 0 Å². The van der Waals surface area contributed by atoms with Crippen LogP contribution < -0.4 is 15.4 Å². The number of rotatable bonds is 8. The summed E-state index contributed by atoms with van der Waals surface area (Å²) in [5, 5.41) is 8.01. The second kappa shape index (κ2) is 12.6. The molecule has 0 fully saturated rings. The van der Waals surface area contributed by atoms with Gasteiger partial charge in [0.05, 0.1) is 28.9 Å². The number of benzene rings is 3. The van der Waals surface area contributed by atoms with Crippen LogP contribution in [-0.2, 0) is 12.8 Å². The minimum atomic E-state index is -0.286. The molecule has 0 spiro atoms. The molecule has 8 heteroatoms. The fraction of sp³-hybridized carbons (Fsp3) is 0.229. The van der Waals surface area contributed by atoms with E-state index in [0.717, 1.165) is 52.8 Å². The fourth-order valence-corrected chi connectivity index (χ4v) is 6.72. The molecular formula is C35H32ClN3O3S. The highest BCUT2D eigenvalue weighted by Crippen LogP contribution is 2.39. The Balaban J connectivity index is 1.35. The normalized spacial score (nSPS) is 12.7. The molecule has 2 N–H and O–H groups in total. The van der Waals surface area contributed by atoms with Gasteiger partial charge in [-0.3, -0.25) is 9.59 Å². The van der Waals surface area contributed by atoms with Crippen LogP contribution in [0.2, 0.25) is 5.02 Å². The molecule has 2 aromatic heterocycles.